The average Bonchev–Trinajstić information content (AvgIpc) is 3.69. The molecule has 0 unspecified atom stereocenters. The first-order valence-electron chi connectivity index (χ1n) is 19.0. The van der Waals surface area contributed by atoms with E-state index in [4.69, 9.17) is 0 Å². The summed E-state index contributed by atoms with van der Waals surface area (Å²) in [5.41, 5.74) is 17.0. The molecule has 0 N–H and O–H groups in total. The SMILES string of the molecule is CC1(C)c2ccccc2-c2cccc(C3(c4ccccc4)c4ccccc4N(c4ccc(-n5c6ccccc6c6ccccc65)cc4)c4ccccc43)c21. The molecule has 2 heteroatoms. The monoisotopic (exact) mass is 690 g/mol. The minimum atomic E-state index is -0.571. The van der Waals surface area contributed by atoms with Crippen molar-refractivity contribution in [3.63, 3.8) is 0 Å². The van der Waals surface area contributed by atoms with Crippen LogP contribution in [0.4, 0.5) is 17.1 Å². The Labute approximate surface area is 316 Å². The Morgan fingerprint density at radius 2 is 0.852 bits per heavy atom. The Balaban J connectivity index is 1.16. The van der Waals surface area contributed by atoms with Gasteiger partial charge in [0.25, 0.3) is 0 Å². The molecular weight excluding hydrogens is 653 g/mol. The first kappa shape index (κ1) is 30.9. The van der Waals surface area contributed by atoms with Crippen LogP contribution in [0.5, 0.6) is 0 Å². The Kier molecular flexibility index (Phi) is 6.55. The van der Waals surface area contributed by atoms with Crippen molar-refractivity contribution in [2.24, 2.45) is 0 Å². The summed E-state index contributed by atoms with van der Waals surface area (Å²) in [5.74, 6) is 0. The molecule has 0 bridgehead atoms. The lowest BCUT2D eigenvalue weighted by Crippen LogP contribution is -2.39. The van der Waals surface area contributed by atoms with Crippen LogP contribution in [-0.4, -0.2) is 4.57 Å². The van der Waals surface area contributed by atoms with Crippen molar-refractivity contribution >= 4 is 38.9 Å². The minimum Gasteiger partial charge on any atom is -0.310 e. The standard InChI is InChI=1S/C52H38N2/c1-51(2)42-23-9-6-19-38(42)41-22-16-26-45(50(41)51)52(35-17-4-3-5-18-35)43-24-10-14-29-48(43)54(49-30-15-11-25-44(49)52)37-33-31-36(32-34-37)53-46-27-12-7-20-39(46)40-21-8-13-28-47(40)53/h3-34H,1-2H3. The van der Waals surface area contributed by atoms with Crippen molar-refractivity contribution in [2.45, 2.75) is 24.7 Å². The van der Waals surface area contributed by atoms with Crippen molar-refractivity contribution in [1.29, 1.82) is 0 Å². The Morgan fingerprint density at radius 3 is 1.50 bits per heavy atom. The molecule has 2 aliphatic rings. The van der Waals surface area contributed by atoms with Gasteiger partial charge in [0.15, 0.2) is 0 Å². The largest absolute Gasteiger partial charge is 0.310 e. The zero-order chi connectivity index (χ0) is 36.0. The number of anilines is 3. The van der Waals surface area contributed by atoms with Gasteiger partial charge < -0.3 is 9.47 Å². The van der Waals surface area contributed by atoms with E-state index < -0.39 is 5.41 Å². The minimum absolute atomic E-state index is 0.187. The lowest BCUT2D eigenvalue weighted by molar-refractivity contribution is 0.625. The van der Waals surface area contributed by atoms with Gasteiger partial charge in [0.1, 0.15) is 0 Å². The number of aromatic nitrogens is 1. The van der Waals surface area contributed by atoms with Gasteiger partial charge >= 0.3 is 0 Å². The predicted molar refractivity (Wildman–Crippen MR) is 225 cm³/mol. The third-order valence-electron chi connectivity index (χ3n) is 12.2. The number of hydrogen-bond donors (Lipinski definition) is 0. The first-order chi connectivity index (χ1) is 26.6. The molecule has 0 atom stereocenters. The third-order valence-corrected chi connectivity index (χ3v) is 12.2. The van der Waals surface area contributed by atoms with Crippen LogP contribution >= 0.6 is 0 Å². The van der Waals surface area contributed by atoms with Crippen molar-refractivity contribution in [3.8, 4) is 16.8 Å². The zero-order valence-corrected chi connectivity index (χ0v) is 30.4. The molecule has 1 aliphatic carbocycles. The van der Waals surface area contributed by atoms with E-state index in [1.807, 2.05) is 0 Å². The Hall–Kier alpha value is -6.64. The van der Waals surface area contributed by atoms with E-state index in [0.29, 0.717) is 0 Å². The molecule has 8 aromatic carbocycles. The number of para-hydroxylation sites is 4. The van der Waals surface area contributed by atoms with Gasteiger partial charge in [-0.25, -0.2) is 0 Å². The summed E-state index contributed by atoms with van der Waals surface area (Å²) in [6, 6.07) is 72.0. The lowest BCUT2D eigenvalue weighted by Gasteiger charge is -2.48. The number of hydrogen-bond acceptors (Lipinski definition) is 1. The fourth-order valence-electron chi connectivity index (χ4n) is 10.1. The van der Waals surface area contributed by atoms with Crippen LogP contribution in [0, 0.1) is 0 Å². The maximum Gasteiger partial charge on any atom is 0.0745 e. The molecule has 0 saturated carbocycles. The quantitative estimate of drug-likeness (QED) is 0.178. The van der Waals surface area contributed by atoms with Gasteiger partial charge in [-0.05, 0) is 93.0 Å². The maximum atomic E-state index is 2.48. The van der Waals surface area contributed by atoms with Crippen LogP contribution in [0.15, 0.2) is 194 Å². The van der Waals surface area contributed by atoms with Crippen molar-refractivity contribution in [1.82, 2.24) is 4.57 Å². The maximum absolute atomic E-state index is 2.48. The molecule has 0 fully saturated rings. The van der Waals surface area contributed by atoms with E-state index in [1.54, 1.807) is 0 Å². The highest BCUT2D eigenvalue weighted by molar-refractivity contribution is 6.09. The van der Waals surface area contributed by atoms with Gasteiger partial charge in [-0.1, -0.05) is 159 Å². The fraction of sp³-hybridized carbons (Fsp3) is 0.0769. The van der Waals surface area contributed by atoms with Gasteiger partial charge in [0.2, 0.25) is 0 Å². The highest BCUT2D eigenvalue weighted by Gasteiger charge is 2.50. The van der Waals surface area contributed by atoms with Gasteiger partial charge in [0.05, 0.1) is 27.8 Å². The Bertz CT molecular complexity index is 2810. The van der Waals surface area contributed by atoms with E-state index in [9.17, 15) is 0 Å². The molecule has 0 spiro atoms. The molecule has 1 aliphatic heterocycles. The highest BCUT2D eigenvalue weighted by Crippen LogP contribution is 2.61. The molecule has 2 nitrogen and oxygen atoms in total. The second-order valence-electron chi connectivity index (χ2n) is 15.3. The van der Waals surface area contributed by atoms with Crippen molar-refractivity contribution < 1.29 is 0 Å². The molecule has 256 valence electrons. The molecule has 1 aromatic heterocycles. The van der Waals surface area contributed by atoms with Gasteiger partial charge in [-0.15, -0.1) is 0 Å². The second kappa shape index (κ2) is 11.4. The summed E-state index contributed by atoms with van der Waals surface area (Å²) in [6.07, 6.45) is 0. The molecule has 0 saturated heterocycles. The van der Waals surface area contributed by atoms with Crippen LogP contribution in [-0.2, 0) is 10.8 Å². The molecule has 54 heavy (non-hydrogen) atoms. The van der Waals surface area contributed by atoms with Gasteiger partial charge in [-0.2, -0.15) is 0 Å². The van der Waals surface area contributed by atoms with Crippen LogP contribution in [0.3, 0.4) is 0 Å². The normalized spacial score (nSPS) is 14.7. The summed E-state index contributed by atoms with van der Waals surface area (Å²) in [7, 11) is 0. The number of rotatable bonds is 4. The van der Waals surface area contributed by atoms with E-state index >= 15 is 0 Å². The topological polar surface area (TPSA) is 8.17 Å². The Morgan fingerprint density at radius 1 is 0.370 bits per heavy atom. The van der Waals surface area contributed by atoms with E-state index in [-0.39, 0.29) is 5.41 Å². The molecule has 0 amide bonds. The first-order valence-corrected chi connectivity index (χ1v) is 19.0. The van der Waals surface area contributed by atoms with E-state index in [1.165, 1.54) is 77.7 Å². The summed E-state index contributed by atoms with van der Waals surface area (Å²) >= 11 is 0. The highest BCUT2D eigenvalue weighted by atomic mass is 15.2. The van der Waals surface area contributed by atoms with Crippen LogP contribution in [0.2, 0.25) is 0 Å². The zero-order valence-electron chi connectivity index (χ0n) is 30.4. The van der Waals surface area contributed by atoms with Crippen LogP contribution in [0.25, 0.3) is 38.6 Å². The predicted octanol–water partition coefficient (Wildman–Crippen LogP) is 13.3. The molecular formula is C52H38N2. The number of benzene rings is 8. The molecule has 2 heterocycles. The number of nitrogens with zero attached hydrogens (tertiary/aromatic N) is 2. The van der Waals surface area contributed by atoms with Crippen molar-refractivity contribution in [2.75, 3.05) is 4.90 Å². The summed E-state index contributed by atoms with van der Waals surface area (Å²) in [6.45, 7) is 4.82. The molecule has 0 radical (unpaired) electrons. The second-order valence-corrected chi connectivity index (χ2v) is 15.3. The average molecular weight is 691 g/mol. The third kappa shape index (κ3) is 4.06. The van der Waals surface area contributed by atoms with Crippen LogP contribution < -0.4 is 4.90 Å². The van der Waals surface area contributed by atoms with Gasteiger partial charge in [-0.3, -0.25) is 0 Å². The molecule has 9 aromatic rings. The van der Waals surface area contributed by atoms with Crippen LogP contribution in [0.1, 0.15) is 47.2 Å². The van der Waals surface area contributed by atoms with Gasteiger partial charge in [0, 0.05) is 27.6 Å². The molecule has 11 rings (SSSR count). The van der Waals surface area contributed by atoms with E-state index in [2.05, 4.69) is 217 Å². The summed E-state index contributed by atoms with van der Waals surface area (Å²) < 4.78 is 2.39. The lowest BCUT2D eigenvalue weighted by atomic mass is 9.59. The fourth-order valence-corrected chi connectivity index (χ4v) is 10.1. The van der Waals surface area contributed by atoms with E-state index in [0.717, 1.165) is 11.4 Å². The number of fused-ring (bicyclic) bond motifs is 8. The smallest absolute Gasteiger partial charge is 0.0745 e. The van der Waals surface area contributed by atoms with Crippen molar-refractivity contribution in [3.05, 3.63) is 228 Å². The summed E-state index contributed by atoms with van der Waals surface area (Å²) in [4.78, 5) is 2.48. The summed E-state index contributed by atoms with van der Waals surface area (Å²) in [5, 5.41) is 2.54.